The zero-order chi connectivity index (χ0) is 15.4. The molecule has 2 aromatic carbocycles. The van der Waals surface area contributed by atoms with Crippen molar-refractivity contribution in [2.45, 2.75) is 0 Å². The Morgan fingerprint density at radius 1 is 1.05 bits per heavy atom. The predicted molar refractivity (Wildman–Crippen MR) is 79.8 cm³/mol. The third-order valence-electron chi connectivity index (χ3n) is 3.03. The van der Waals surface area contributed by atoms with Crippen molar-refractivity contribution >= 4 is 23.7 Å². The lowest BCUT2D eigenvalue weighted by atomic mass is 9.98. The predicted octanol–water partition coefficient (Wildman–Crippen LogP) is 3.40. The molecule has 4 nitrogen and oxygen atoms in total. The van der Waals surface area contributed by atoms with Gasteiger partial charge in [0.25, 0.3) is 0 Å². The highest BCUT2D eigenvalue weighted by molar-refractivity contribution is 6.31. The fraction of sp³-hybridized carbons (Fsp3) is 0.125. The van der Waals surface area contributed by atoms with Crippen molar-refractivity contribution in [3.05, 3.63) is 58.1 Å². The van der Waals surface area contributed by atoms with E-state index in [4.69, 9.17) is 21.1 Å². The molecule has 0 amide bonds. The van der Waals surface area contributed by atoms with E-state index in [1.54, 1.807) is 24.3 Å². The van der Waals surface area contributed by atoms with Crippen LogP contribution >= 0.6 is 11.6 Å². The molecule has 0 radical (unpaired) electrons. The molecule has 0 unspecified atom stereocenters. The van der Waals surface area contributed by atoms with Crippen LogP contribution in [-0.2, 0) is 0 Å². The minimum Gasteiger partial charge on any atom is -0.493 e. The number of carbonyl (C=O) groups excluding carboxylic acids is 2. The summed E-state index contributed by atoms with van der Waals surface area (Å²) in [4.78, 5) is 23.6. The van der Waals surface area contributed by atoms with Crippen molar-refractivity contribution in [1.29, 1.82) is 0 Å². The van der Waals surface area contributed by atoms with E-state index in [1.165, 1.54) is 26.4 Å². The number of aldehydes is 1. The maximum Gasteiger partial charge on any atom is 0.193 e. The van der Waals surface area contributed by atoms with Crippen LogP contribution in [0, 0.1) is 0 Å². The highest BCUT2D eigenvalue weighted by Gasteiger charge is 2.16. The van der Waals surface area contributed by atoms with Crippen molar-refractivity contribution < 1.29 is 19.1 Å². The van der Waals surface area contributed by atoms with Gasteiger partial charge in [-0.05, 0) is 36.4 Å². The van der Waals surface area contributed by atoms with Gasteiger partial charge in [-0.25, -0.2) is 0 Å². The second kappa shape index (κ2) is 6.41. The van der Waals surface area contributed by atoms with Crippen molar-refractivity contribution in [2.24, 2.45) is 0 Å². The van der Waals surface area contributed by atoms with Crippen LogP contribution in [0.3, 0.4) is 0 Å². The summed E-state index contributed by atoms with van der Waals surface area (Å²) < 4.78 is 10.3. The topological polar surface area (TPSA) is 52.6 Å². The molecule has 0 heterocycles. The molecule has 2 rings (SSSR count). The molecular formula is C16H13ClO4. The van der Waals surface area contributed by atoms with Gasteiger partial charge in [-0.15, -0.1) is 0 Å². The lowest BCUT2D eigenvalue weighted by Crippen LogP contribution is -2.06. The average Bonchev–Trinajstić information content (AvgIpc) is 2.53. The van der Waals surface area contributed by atoms with Crippen molar-refractivity contribution in [3.63, 3.8) is 0 Å². The van der Waals surface area contributed by atoms with Crippen LogP contribution < -0.4 is 9.47 Å². The van der Waals surface area contributed by atoms with E-state index in [-0.39, 0.29) is 11.3 Å². The van der Waals surface area contributed by atoms with E-state index >= 15 is 0 Å². The van der Waals surface area contributed by atoms with Gasteiger partial charge in [-0.3, -0.25) is 9.59 Å². The van der Waals surface area contributed by atoms with Crippen LogP contribution in [0.15, 0.2) is 36.4 Å². The molecule has 0 bridgehead atoms. The monoisotopic (exact) mass is 304 g/mol. The second-order valence-electron chi connectivity index (χ2n) is 4.25. The Bertz CT molecular complexity index is 695. The standard InChI is InChI=1S/C16H13ClO4/c1-20-14-6-4-10(7-15(14)21-2)16(19)13-8-12(17)5-3-11(13)9-18/h3-9H,1-2H3. The zero-order valence-electron chi connectivity index (χ0n) is 11.6. The Balaban J connectivity index is 2.49. The third kappa shape index (κ3) is 3.06. The molecule has 0 aliphatic carbocycles. The zero-order valence-corrected chi connectivity index (χ0v) is 12.3. The van der Waals surface area contributed by atoms with Gasteiger partial charge in [-0.2, -0.15) is 0 Å². The minimum atomic E-state index is -0.305. The number of methoxy groups -OCH3 is 2. The molecule has 0 atom stereocenters. The number of hydrogen-bond acceptors (Lipinski definition) is 4. The molecule has 0 N–H and O–H groups in total. The first-order chi connectivity index (χ1) is 10.1. The maximum atomic E-state index is 12.5. The number of rotatable bonds is 5. The van der Waals surface area contributed by atoms with Gasteiger partial charge >= 0.3 is 0 Å². The summed E-state index contributed by atoms with van der Waals surface area (Å²) >= 11 is 5.90. The lowest BCUT2D eigenvalue weighted by molar-refractivity contribution is 0.102. The van der Waals surface area contributed by atoms with Gasteiger partial charge in [0, 0.05) is 21.7 Å². The van der Waals surface area contributed by atoms with Crippen LogP contribution in [0.1, 0.15) is 26.3 Å². The summed E-state index contributed by atoms with van der Waals surface area (Å²) in [6, 6.07) is 9.37. The quantitative estimate of drug-likeness (QED) is 0.627. The summed E-state index contributed by atoms with van der Waals surface area (Å²) in [7, 11) is 3.00. The molecule has 0 aliphatic rings. The molecule has 5 heteroatoms. The largest absolute Gasteiger partial charge is 0.493 e. The van der Waals surface area contributed by atoms with E-state index in [0.717, 1.165) is 0 Å². The third-order valence-corrected chi connectivity index (χ3v) is 3.27. The summed E-state index contributed by atoms with van der Waals surface area (Å²) in [5.74, 6) is 0.661. The molecule has 21 heavy (non-hydrogen) atoms. The van der Waals surface area contributed by atoms with E-state index in [2.05, 4.69) is 0 Å². The first-order valence-electron chi connectivity index (χ1n) is 6.12. The normalized spacial score (nSPS) is 10.0. The fourth-order valence-corrected chi connectivity index (χ4v) is 2.13. The van der Waals surface area contributed by atoms with E-state index in [1.807, 2.05) is 0 Å². The Hall–Kier alpha value is -2.33. The number of halogens is 1. The molecule has 0 aliphatic heterocycles. The highest BCUT2D eigenvalue weighted by atomic mass is 35.5. The first-order valence-corrected chi connectivity index (χ1v) is 6.50. The minimum absolute atomic E-state index is 0.254. The van der Waals surface area contributed by atoms with Gasteiger partial charge in [0.15, 0.2) is 23.6 Å². The Morgan fingerprint density at radius 2 is 1.76 bits per heavy atom. The molecule has 2 aromatic rings. The number of hydrogen-bond donors (Lipinski definition) is 0. The summed E-state index contributed by atoms with van der Waals surface area (Å²) in [6.07, 6.45) is 0.629. The lowest BCUT2D eigenvalue weighted by Gasteiger charge is -2.10. The maximum absolute atomic E-state index is 12.5. The van der Waals surface area contributed by atoms with Crippen LogP contribution in [0.2, 0.25) is 5.02 Å². The van der Waals surface area contributed by atoms with Crippen LogP contribution in [0.25, 0.3) is 0 Å². The Kier molecular flexibility index (Phi) is 4.60. The average molecular weight is 305 g/mol. The van der Waals surface area contributed by atoms with Gasteiger partial charge in [-0.1, -0.05) is 11.6 Å². The summed E-state index contributed by atoms with van der Waals surface area (Å²) in [5.41, 5.74) is 0.932. The first kappa shape index (κ1) is 15.1. The fourth-order valence-electron chi connectivity index (χ4n) is 1.96. The van der Waals surface area contributed by atoms with E-state index in [0.29, 0.717) is 33.9 Å². The highest BCUT2D eigenvalue weighted by Crippen LogP contribution is 2.29. The van der Waals surface area contributed by atoms with Crippen LogP contribution in [-0.4, -0.2) is 26.3 Å². The number of ketones is 1. The molecule has 0 aromatic heterocycles. The molecular weight excluding hydrogens is 292 g/mol. The second-order valence-corrected chi connectivity index (χ2v) is 4.68. The van der Waals surface area contributed by atoms with Gasteiger partial charge in [0.05, 0.1) is 14.2 Å². The Morgan fingerprint density at radius 3 is 2.38 bits per heavy atom. The number of carbonyl (C=O) groups is 2. The van der Waals surface area contributed by atoms with Gasteiger partial charge in [0.1, 0.15) is 0 Å². The smallest absolute Gasteiger partial charge is 0.193 e. The van der Waals surface area contributed by atoms with Crippen molar-refractivity contribution in [1.82, 2.24) is 0 Å². The SMILES string of the molecule is COc1ccc(C(=O)c2cc(Cl)ccc2C=O)cc1OC. The van der Waals surface area contributed by atoms with Crippen LogP contribution in [0.4, 0.5) is 0 Å². The van der Waals surface area contributed by atoms with Gasteiger partial charge < -0.3 is 9.47 Å². The molecule has 0 spiro atoms. The number of ether oxygens (including phenoxy) is 2. The van der Waals surface area contributed by atoms with Crippen molar-refractivity contribution in [3.8, 4) is 11.5 Å². The summed E-state index contributed by atoms with van der Waals surface area (Å²) in [6.45, 7) is 0. The van der Waals surface area contributed by atoms with Crippen molar-refractivity contribution in [2.75, 3.05) is 14.2 Å². The van der Waals surface area contributed by atoms with E-state index in [9.17, 15) is 9.59 Å². The molecule has 0 fully saturated rings. The summed E-state index contributed by atoms with van der Waals surface area (Å²) in [5, 5.41) is 0.393. The van der Waals surface area contributed by atoms with Gasteiger partial charge in [0.2, 0.25) is 0 Å². The molecule has 0 saturated heterocycles. The van der Waals surface area contributed by atoms with E-state index < -0.39 is 0 Å². The van der Waals surface area contributed by atoms with Crippen LogP contribution in [0.5, 0.6) is 11.5 Å². The molecule has 0 saturated carbocycles. The Labute approximate surface area is 127 Å². The molecule has 108 valence electrons. The number of benzene rings is 2.